The van der Waals surface area contributed by atoms with Crippen LogP contribution in [-0.2, 0) is 6.54 Å². The third kappa shape index (κ3) is 4.15. The Bertz CT molecular complexity index is 586. The minimum absolute atomic E-state index is 0.155. The molecule has 0 aliphatic carbocycles. The molecule has 1 N–H and O–H groups in total. The van der Waals surface area contributed by atoms with Gasteiger partial charge in [0.1, 0.15) is 5.75 Å². The van der Waals surface area contributed by atoms with E-state index in [9.17, 15) is 0 Å². The van der Waals surface area contributed by atoms with Crippen molar-refractivity contribution in [1.29, 1.82) is 0 Å². The van der Waals surface area contributed by atoms with E-state index in [1.165, 1.54) is 0 Å². The first-order valence-corrected chi connectivity index (χ1v) is 7.67. The summed E-state index contributed by atoms with van der Waals surface area (Å²) in [6.07, 6.45) is 0.155. The van der Waals surface area contributed by atoms with Crippen molar-refractivity contribution in [3.63, 3.8) is 0 Å². The lowest BCUT2D eigenvalue weighted by Gasteiger charge is -2.15. The summed E-state index contributed by atoms with van der Waals surface area (Å²) in [5.74, 6) is 0.871. The first-order chi connectivity index (χ1) is 9.56. The van der Waals surface area contributed by atoms with Crippen LogP contribution in [0.2, 0.25) is 5.02 Å². The number of halogens is 2. The van der Waals surface area contributed by atoms with Gasteiger partial charge in [-0.1, -0.05) is 29.8 Å². The fraction of sp³-hybridized carbons (Fsp3) is 0.250. The minimum Gasteiger partial charge on any atom is -0.489 e. The van der Waals surface area contributed by atoms with Gasteiger partial charge in [0.05, 0.1) is 16.8 Å². The summed E-state index contributed by atoms with van der Waals surface area (Å²) in [6.45, 7) is 4.76. The van der Waals surface area contributed by atoms with Gasteiger partial charge in [-0.3, -0.25) is 0 Å². The van der Waals surface area contributed by atoms with Crippen LogP contribution in [0.1, 0.15) is 19.4 Å². The molecule has 2 rings (SSSR count). The molecule has 2 nitrogen and oxygen atoms in total. The van der Waals surface area contributed by atoms with Crippen LogP contribution < -0.4 is 10.1 Å². The van der Waals surface area contributed by atoms with Gasteiger partial charge in [-0.05, 0) is 59.6 Å². The molecule has 2 aromatic carbocycles. The van der Waals surface area contributed by atoms with Crippen LogP contribution in [-0.4, -0.2) is 6.10 Å². The highest BCUT2D eigenvalue weighted by Crippen LogP contribution is 2.27. The van der Waals surface area contributed by atoms with Gasteiger partial charge in [-0.2, -0.15) is 0 Å². The molecule has 2 aromatic rings. The quantitative estimate of drug-likeness (QED) is 0.765. The van der Waals surface area contributed by atoms with Crippen LogP contribution in [0.5, 0.6) is 5.75 Å². The number of benzene rings is 2. The van der Waals surface area contributed by atoms with Crippen molar-refractivity contribution in [3.8, 4) is 5.75 Å². The second-order valence-electron chi connectivity index (χ2n) is 4.76. The number of hydrogen-bond acceptors (Lipinski definition) is 2. The van der Waals surface area contributed by atoms with Gasteiger partial charge in [0.15, 0.2) is 0 Å². The van der Waals surface area contributed by atoms with E-state index in [1.807, 2.05) is 56.3 Å². The zero-order chi connectivity index (χ0) is 14.5. The molecule has 0 saturated heterocycles. The summed E-state index contributed by atoms with van der Waals surface area (Å²) >= 11 is 9.43. The number of nitrogens with one attached hydrogen (secondary N) is 1. The molecule has 0 aliphatic rings. The van der Waals surface area contributed by atoms with Gasteiger partial charge in [0, 0.05) is 11.0 Å². The van der Waals surface area contributed by atoms with E-state index in [1.54, 1.807) is 0 Å². The number of para-hydroxylation sites is 2. The third-order valence-electron chi connectivity index (χ3n) is 2.72. The molecule has 106 valence electrons. The number of ether oxygens (including phenoxy) is 1. The van der Waals surface area contributed by atoms with Gasteiger partial charge in [0.2, 0.25) is 0 Å². The molecule has 0 saturated carbocycles. The summed E-state index contributed by atoms with van der Waals surface area (Å²) in [6, 6.07) is 13.9. The van der Waals surface area contributed by atoms with Crippen molar-refractivity contribution in [3.05, 3.63) is 57.5 Å². The lowest BCUT2D eigenvalue weighted by molar-refractivity contribution is 0.243. The van der Waals surface area contributed by atoms with Gasteiger partial charge in [-0.15, -0.1) is 0 Å². The highest BCUT2D eigenvalue weighted by atomic mass is 79.9. The lowest BCUT2D eigenvalue weighted by Crippen LogP contribution is -2.08. The summed E-state index contributed by atoms with van der Waals surface area (Å²) in [5, 5.41) is 4.11. The second kappa shape index (κ2) is 7.00. The summed E-state index contributed by atoms with van der Waals surface area (Å²) in [4.78, 5) is 0. The summed E-state index contributed by atoms with van der Waals surface area (Å²) < 4.78 is 6.69. The summed E-state index contributed by atoms with van der Waals surface area (Å²) in [5.41, 5.74) is 2.15. The third-order valence-corrected chi connectivity index (χ3v) is 3.93. The molecule has 0 aliphatic heterocycles. The van der Waals surface area contributed by atoms with E-state index in [4.69, 9.17) is 16.3 Å². The van der Waals surface area contributed by atoms with Crippen LogP contribution in [0.3, 0.4) is 0 Å². The average Bonchev–Trinajstić information content (AvgIpc) is 2.41. The monoisotopic (exact) mass is 353 g/mol. The van der Waals surface area contributed by atoms with Crippen molar-refractivity contribution in [2.24, 2.45) is 0 Å². The van der Waals surface area contributed by atoms with Crippen molar-refractivity contribution in [2.75, 3.05) is 5.32 Å². The van der Waals surface area contributed by atoms with E-state index in [2.05, 4.69) is 21.2 Å². The number of hydrogen-bond donors (Lipinski definition) is 1. The maximum Gasteiger partial charge on any atom is 0.142 e. The highest BCUT2D eigenvalue weighted by molar-refractivity contribution is 9.10. The van der Waals surface area contributed by atoms with Crippen molar-refractivity contribution >= 4 is 33.2 Å². The lowest BCUT2D eigenvalue weighted by atomic mass is 10.2. The molecule has 0 aromatic heterocycles. The molecule has 0 unspecified atom stereocenters. The predicted molar refractivity (Wildman–Crippen MR) is 88.7 cm³/mol. The zero-order valence-electron chi connectivity index (χ0n) is 11.5. The Morgan fingerprint density at radius 1 is 1.20 bits per heavy atom. The molecule has 0 amide bonds. The first-order valence-electron chi connectivity index (χ1n) is 6.49. The van der Waals surface area contributed by atoms with Crippen molar-refractivity contribution in [2.45, 2.75) is 26.5 Å². The smallest absolute Gasteiger partial charge is 0.142 e. The largest absolute Gasteiger partial charge is 0.489 e. The molecule has 0 heterocycles. The van der Waals surface area contributed by atoms with E-state index < -0.39 is 0 Å². The number of rotatable bonds is 5. The van der Waals surface area contributed by atoms with Crippen LogP contribution in [0.4, 0.5) is 5.69 Å². The molecular formula is C16H17BrClNO. The van der Waals surface area contributed by atoms with E-state index >= 15 is 0 Å². The zero-order valence-corrected chi connectivity index (χ0v) is 13.8. The van der Waals surface area contributed by atoms with Crippen LogP contribution >= 0.6 is 27.5 Å². The summed E-state index contributed by atoms with van der Waals surface area (Å²) in [7, 11) is 0. The SMILES string of the molecule is CC(C)Oc1ccccc1NCc1ccc(Cl)c(Br)c1. The molecule has 0 radical (unpaired) electrons. The van der Waals surface area contributed by atoms with E-state index in [0.717, 1.165) is 26.5 Å². The Morgan fingerprint density at radius 2 is 1.95 bits per heavy atom. The first kappa shape index (κ1) is 15.2. The van der Waals surface area contributed by atoms with Gasteiger partial charge >= 0.3 is 0 Å². The Kier molecular flexibility index (Phi) is 5.32. The Hall–Kier alpha value is -1.19. The predicted octanol–water partition coefficient (Wildman–Crippen LogP) is 5.50. The second-order valence-corrected chi connectivity index (χ2v) is 6.03. The topological polar surface area (TPSA) is 21.3 Å². The highest BCUT2D eigenvalue weighted by Gasteiger charge is 2.05. The van der Waals surface area contributed by atoms with E-state index in [-0.39, 0.29) is 6.10 Å². The Morgan fingerprint density at radius 3 is 2.65 bits per heavy atom. The van der Waals surface area contributed by atoms with E-state index in [0.29, 0.717) is 6.54 Å². The van der Waals surface area contributed by atoms with Gasteiger partial charge in [0.25, 0.3) is 0 Å². The van der Waals surface area contributed by atoms with Crippen LogP contribution in [0, 0.1) is 0 Å². The van der Waals surface area contributed by atoms with Crippen LogP contribution in [0.25, 0.3) is 0 Å². The Labute approximate surface area is 133 Å². The standard InChI is InChI=1S/C16H17BrClNO/c1-11(2)20-16-6-4-3-5-15(16)19-10-12-7-8-14(18)13(17)9-12/h3-9,11,19H,10H2,1-2H3. The van der Waals surface area contributed by atoms with Crippen molar-refractivity contribution < 1.29 is 4.74 Å². The maximum atomic E-state index is 5.99. The maximum absolute atomic E-state index is 5.99. The normalized spacial score (nSPS) is 10.7. The fourth-order valence-corrected chi connectivity index (χ4v) is 2.36. The average molecular weight is 355 g/mol. The molecule has 0 atom stereocenters. The molecule has 0 bridgehead atoms. The van der Waals surface area contributed by atoms with Gasteiger partial charge in [-0.25, -0.2) is 0 Å². The molecule has 0 fully saturated rings. The fourth-order valence-electron chi connectivity index (χ4n) is 1.82. The van der Waals surface area contributed by atoms with Gasteiger partial charge < -0.3 is 10.1 Å². The van der Waals surface area contributed by atoms with Crippen molar-refractivity contribution in [1.82, 2.24) is 0 Å². The van der Waals surface area contributed by atoms with Crippen LogP contribution in [0.15, 0.2) is 46.9 Å². The Balaban J connectivity index is 2.08. The molecular weight excluding hydrogens is 338 g/mol. The minimum atomic E-state index is 0.155. The molecule has 20 heavy (non-hydrogen) atoms. The number of anilines is 1. The molecule has 4 heteroatoms. The molecule has 0 spiro atoms.